The molecule has 0 bridgehead atoms. The second-order valence-electron chi connectivity index (χ2n) is 6.68. The Labute approximate surface area is 166 Å². The number of hydrogen-bond acceptors (Lipinski definition) is 4. The quantitative estimate of drug-likeness (QED) is 0.360. The van der Waals surface area contributed by atoms with E-state index in [2.05, 4.69) is 31.2 Å². The fourth-order valence-corrected chi connectivity index (χ4v) is 4.64. The van der Waals surface area contributed by atoms with Gasteiger partial charge in [0.2, 0.25) is 0 Å². The van der Waals surface area contributed by atoms with Gasteiger partial charge < -0.3 is 0 Å². The first kappa shape index (κ1) is 16.6. The largest absolute Gasteiger partial charge is 0.226 e. The average Bonchev–Trinajstić information content (AvgIpc) is 3.14. The van der Waals surface area contributed by atoms with Crippen LogP contribution < -0.4 is 0 Å². The van der Waals surface area contributed by atoms with Gasteiger partial charge in [0.25, 0.3) is 0 Å². The number of rotatable bonds is 2. The van der Waals surface area contributed by atoms with Crippen molar-refractivity contribution in [1.82, 2.24) is 9.97 Å². The van der Waals surface area contributed by atoms with Gasteiger partial charge in [-0.3, -0.25) is 0 Å². The van der Waals surface area contributed by atoms with Crippen molar-refractivity contribution in [3.05, 3.63) is 83.9 Å². The Morgan fingerprint density at radius 3 is 2.32 bits per heavy atom. The molecule has 3 nitrogen and oxygen atoms in total. The van der Waals surface area contributed by atoms with Gasteiger partial charge >= 0.3 is 0 Å². The molecule has 5 rings (SSSR count). The van der Waals surface area contributed by atoms with Crippen molar-refractivity contribution in [3.63, 3.8) is 0 Å². The third kappa shape index (κ3) is 2.65. The van der Waals surface area contributed by atoms with Crippen LogP contribution in [-0.4, -0.2) is 9.97 Å². The second-order valence-corrected chi connectivity index (χ2v) is 7.70. The average molecular weight is 377 g/mol. The van der Waals surface area contributed by atoms with Crippen LogP contribution in [0.2, 0.25) is 0 Å². The van der Waals surface area contributed by atoms with E-state index < -0.39 is 0 Å². The van der Waals surface area contributed by atoms with E-state index in [4.69, 9.17) is 15.2 Å². The van der Waals surface area contributed by atoms with Crippen LogP contribution in [0.15, 0.2) is 72.8 Å². The van der Waals surface area contributed by atoms with Crippen LogP contribution in [0.3, 0.4) is 0 Å². The monoisotopic (exact) mass is 377 g/mol. The zero-order chi connectivity index (χ0) is 19.1. The van der Waals surface area contributed by atoms with Crippen LogP contribution in [0, 0.1) is 18.3 Å². The molecule has 132 valence electrons. The molecule has 2 heterocycles. The Morgan fingerprint density at radius 1 is 0.786 bits per heavy atom. The minimum Gasteiger partial charge on any atom is -0.226 e. The highest BCUT2D eigenvalue weighted by Gasteiger charge is 2.17. The maximum absolute atomic E-state index is 9.12. The van der Waals surface area contributed by atoms with Crippen molar-refractivity contribution >= 4 is 31.6 Å². The van der Waals surface area contributed by atoms with Gasteiger partial charge in [-0.25, -0.2) is 9.97 Å². The van der Waals surface area contributed by atoms with E-state index in [1.165, 1.54) is 10.3 Å². The van der Waals surface area contributed by atoms with Crippen molar-refractivity contribution in [3.8, 4) is 28.7 Å². The first-order valence-electron chi connectivity index (χ1n) is 9.00. The summed E-state index contributed by atoms with van der Waals surface area (Å²) in [4.78, 5) is 9.88. The standard InChI is InChI=1S/C24H15N3S/c1-15-6-5-9-19-21-23(28-22(15)19)20(17-12-10-16(14-25)11-13-17)26-24(27-21)18-7-3-2-4-8-18/h2-13H,1H3. The summed E-state index contributed by atoms with van der Waals surface area (Å²) >= 11 is 1.73. The van der Waals surface area contributed by atoms with Gasteiger partial charge in [-0.15, -0.1) is 11.3 Å². The number of nitrogens with zero attached hydrogens (tertiary/aromatic N) is 3. The second kappa shape index (κ2) is 6.56. The van der Waals surface area contributed by atoms with Gasteiger partial charge in [0.05, 0.1) is 27.5 Å². The van der Waals surface area contributed by atoms with Crippen LogP contribution in [-0.2, 0) is 0 Å². The summed E-state index contributed by atoms with van der Waals surface area (Å²) < 4.78 is 2.32. The Hall–Kier alpha value is -3.55. The van der Waals surface area contributed by atoms with Crippen molar-refractivity contribution in [1.29, 1.82) is 5.26 Å². The van der Waals surface area contributed by atoms with E-state index in [0.29, 0.717) is 11.4 Å². The van der Waals surface area contributed by atoms with E-state index in [0.717, 1.165) is 32.4 Å². The third-order valence-corrected chi connectivity index (χ3v) is 6.19. The van der Waals surface area contributed by atoms with Gasteiger partial charge in [-0.05, 0) is 24.6 Å². The molecule has 0 aliphatic heterocycles. The summed E-state index contributed by atoms with van der Waals surface area (Å²) in [5.74, 6) is 0.716. The number of aromatic nitrogens is 2. The molecule has 0 aliphatic carbocycles. The molecule has 0 atom stereocenters. The van der Waals surface area contributed by atoms with Gasteiger partial charge in [0.15, 0.2) is 5.82 Å². The molecule has 0 amide bonds. The highest BCUT2D eigenvalue weighted by Crippen LogP contribution is 2.40. The first-order chi connectivity index (χ1) is 13.7. The van der Waals surface area contributed by atoms with Crippen molar-refractivity contribution in [2.75, 3.05) is 0 Å². The normalized spacial score (nSPS) is 11.0. The van der Waals surface area contributed by atoms with Crippen molar-refractivity contribution < 1.29 is 0 Å². The number of fused-ring (bicyclic) bond motifs is 3. The Bertz CT molecular complexity index is 1360. The van der Waals surface area contributed by atoms with Crippen LogP contribution >= 0.6 is 11.3 Å². The predicted molar refractivity (Wildman–Crippen MR) is 115 cm³/mol. The van der Waals surface area contributed by atoms with Crippen LogP contribution in [0.1, 0.15) is 11.1 Å². The molecule has 0 spiro atoms. The molecule has 28 heavy (non-hydrogen) atoms. The summed E-state index contributed by atoms with van der Waals surface area (Å²) in [5.41, 5.74) is 5.77. The lowest BCUT2D eigenvalue weighted by Gasteiger charge is -2.07. The molecule has 0 saturated heterocycles. The minimum atomic E-state index is 0.643. The van der Waals surface area contributed by atoms with E-state index in [1.54, 1.807) is 11.3 Å². The highest BCUT2D eigenvalue weighted by atomic mass is 32.1. The molecular weight excluding hydrogens is 362 g/mol. The lowest BCUT2D eigenvalue weighted by Crippen LogP contribution is -1.93. The number of hydrogen-bond donors (Lipinski definition) is 0. The van der Waals surface area contributed by atoms with Crippen LogP contribution in [0.5, 0.6) is 0 Å². The van der Waals surface area contributed by atoms with Gasteiger partial charge in [0.1, 0.15) is 0 Å². The zero-order valence-electron chi connectivity index (χ0n) is 15.2. The summed E-state index contributed by atoms with van der Waals surface area (Å²) in [6.45, 7) is 2.13. The maximum Gasteiger partial charge on any atom is 0.160 e. The molecular formula is C24H15N3S. The molecule has 0 fully saturated rings. The molecule has 0 radical (unpaired) electrons. The Kier molecular flexibility index (Phi) is 3.89. The Morgan fingerprint density at radius 2 is 1.57 bits per heavy atom. The Balaban J connectivity index is 1.87. The summed E-state index contributed by atoms with van der Waals surface area (Å²) in [6.07, 6.45) is 0. The zero-order valence-corrected chi connectivity index (χ0v) is 16.0. The molecule has 0 N–H and O–H groups in total. The number of nitriles is 1. The predicted octanol–water partition coefficient (Wildman–Crippen LogP) is 6.36. The van der Waals surface area contributed by atoms with Crippen LogP contribution in [0.25, 0.3) is 42.9 Å². The molecule has 2 aromatic heterocycles. The van der Waals surface area contributed by atoms with E-state index in [1.807, 2.05) is 54.6 Å². The van der Waals surface area contributed by atoms with E-state index in [9.17, 15) is 0 Å². The molecule has 0 unspecified atom stereocenters. The highest BCUT2D eigenvalue weighted by molar-refractivity contribution is 7.26. The molecule has 4 heteroatoms. The molecule has 5 aromatic rings. The molecule has 3 aromatic carbocycles. The van der Waals surface area contributed by atoms with Crippen molar-refractivity contribution in [2.45, 2.75) is 6.92 Å². The fraction of sp³-hybridized carbons (Fsp3) is 0.0417. The van der Waals surface area contributed by atoms with E-state index >= 15 is 0 Å². The third-order valence-electron chi connectivity index (χ3n) is 4.86. The number of benzene rings is 3. The SMILES string of the molecule is Cc1cccc2c1sc1c(-c3ccc(C#N)cc3)nc(-c3ccccc3)nc12. The topological polar surface area (TPSA) is 49.6 Å². The van der Waals surface area contributed by atoms with Gasteiger partial charge in [-0.2, -0.15) is 5.26 Å². The molecule has 0 saturated carbocycles. The van der Waals surface area contributed by atoms with Gasteiger partial charge in [-0.1, -0.05) is 60.7 Å². The lowest BCUT2D eigenvalue weighted by atomic mass is 10.1. The fourth-order valence-electron chi connectivity index (χ4n) is 3.42. The number of aryl methyl sites for hydroxylation is 1. The van der Waals surface area contributed by atoms with Crippen LogP contribution in [0.4, 0.5) is 0 Å². The number of thiophene rings is 1. The summed E-state index contributed by atoms with van der Waals surface area (Å²) in [5, 5.41) is 10.3. The molecule has 0 aliphatic rings. The van der Waals surface area contributed by atoms with Crippen molar-refractivity contribution in [2.24, 2.45) is 0 Å². The summed E-state index contributed by atoms with van der Waals surface area (Å²) in [7, 11) is 0. The minimum absolute atomic E-state index is 0.643. The van der Waals surface area contributed by atoms with E-state index in [-0.39, 0.29) is 0 Å². The summed E-state index contributed by atoms with van der Waals surface area (Å²) in [6, 6.07) is 26.2. The first-order valence-corrected chi connectivity index (χ1v) is 9.82. The lowest BCUT2D eigenvalue weighted by molar-refractivity contribution is 1.24. The smallest absolute Gasteiger partial charge is 0.160 e. The maximum atomic E-state index is 9.12. The van der Waals surface area contributed by atoms with Gasteiger partial charge in [0, 0.05) is 21.2 Å².